The summed E-state index contributed by atoms with van der Waals surface area (Å²) in [6.07, 6.45) is -4.67. The molecule has 1 aliphatic heterocycles. The first kappa shape index (κ1) is 12.5. The number of rotatable bonds is 2. The number of nitrogens with zero attached hydrogens (tertiary/aromatic N) is 2. The monoisotopic (exact) mass is 255 g/mol. The van der Waals surface area contributed by atoms with Gasteiger partial charge in [-0.25, -0.2) is 0 Å². The quantitative estimate of drug-likeness (QED) is 0.798. The fraction of sp³-hybridized carbons (Fsp3) is 0.250. The zero-order valence-corrected chi connectivity index (χ0v) is 9.75. The minimum atomic E-state index is -4.67. The molecule has 0 saturated heterocycles. The molecule has 1 aliphatic rings. The lowest BCUT2D eigenvalue weighted by Gasteiger charge is -2.09. The van der Waals surface area contributed by atoms with Crippen molar-refractivity contribution in [3.63, 3.8) is 0 Å². The van der Waals surface area contributed by atoms with E-state index in [1.807, 2.05) is 0 Å². The van der Waals surface area contributed by atoms with E-state index < -0.39 is 6.36 Å². The Morgan fingerprint density at radius 2 is 1.67 bits per heavy atom. The largest absolute Gasteiger partial charge is 0.573 e. The van der Waals surface area contributed by atoms with Crippen molar-refractivity contribution < 1.29 is 17.9 Å². The van der Waals surface area contributed by atoms with Crippen LogP contribution in [-0.2, 0) is 0 Å². The van der Waals surface area contributed by atoms with Gasteiger partial charge >= 0.3 is 6.36 Å². The molecular formula is C12H10F3N2O. The molecule has 6 heteroatoms. The summed E-state index contributed by atoms with van der Waals surface area (Å²) in [6, 6.07) is 5.66. The van der Waals surface area contributed by atoms with Crippen molar-refractivity contribution in [3.8, 4) is 5.75 Å². The molecule has 0 bridgehead atoms. The number of hydrogen-bond acceptors (Lipinski definition) is 2. The van der Waals surface area contributed by atoms with Crippen molar-refractivity contribution in [2.45, 2.75) is 20.2 Å². The van der Waals surface area contributed by atoms with Crippen LogP contribution in [0.1, 0.15) is 19.4 Å². The molecule has 0 amide bonds. The SMILES string of the molecule is CC1=N[N]C(C)=C1c1ccc(OC(F)(F)F)cc1. The molecule has 1 heterocycles. The number of halogens is 3. The van der Waals surface area contributed by atoms with Crippen LogP contribution in [0.15, 0.2) is 35.1 Å². The third-order valence-electron chi connectivity index (χ3n) is 2.45. The van der Waals surface area contributed by atoms with Crippen LogP contribution in [0.4, 0.5) is 13.2 Å². The predicted molar refractivity (Wildman–Crippen MR) is 61.0 cm³/mol. The van der Waals surface area contributed by atoms with Gasteiger partial charge in [-0.3, -0.25) is 0 Å². The number of alkyl halides is 3. The van der Waals surface area contributed by atoms with Gasteiger partial charge in [0.15, 0.2) is 0 Å². The van der Waals surface area contributed by atoms with Crippen LogP contribution >= 0.6 is 0 Å². The molecule has 0 aliphatic carbocycles. The summed E-state index contributed by atoms with van der Waals surface area (Å²) in [5.41, 5.74) is 7.02. The van der Waals surface area contributed by atoms with Gasteiger partial charge in [0, 0.05) is 5.57 Å². The van der Waals surface area contributed by atoms with Crippen LogP contribution in [-0.4, -0.2) is 12.1 Å². The van der Waals surface area contributed by atoms with Gasteiger partial charge in [-0.2, -0.15) is 10.5 Å². The van der Waals surface area contributed by atoms with Crippen molar-refractivity contribution in [3.05, 3.63) is 35.5 Å². The molecule has 1 aromatic carbocycles. The van der Waals surface area contributed by atoms with Crippen LogP contribution in [0.2, 0.25) is 0 Å². The van der Waals surface area contributed by atoms with E-state index in [-0.39, 0.29) is 5.75 Å². The van der Waals surface area contributed by atoms with Gasteiger partial charge in [0.2, 0.25) is 0 Å². The third kappa shape index (κ3) is 2.64. The molecule has 2 rings (SSSR count). The van der Waals surface area contributed by atoms with Crippen molar-refractivity contribution in [1.82, 2.24) is 5.43 Å². The maximum atomic E-state index is 12.0. The Balaban J connectivity index is 2.24. The minimum Gasteiger partial charge on any atom is -0.406 e. The lowest BCUT2D eigenvalue weighted by Crippen LogP contribution is -2.17. The third-order valence-corrected chi connectivity index (χ3v) is 2.45. The maximum Gasteiger partial charge on any atom is 0.573 e. The Hall–Kier alpha value is -1.98. The second kappa shape index (κ2) is 4.36. The second-order valence-electron chi connectivity index (χ2n) is 3.82. The highest BCUT2D eigenvalue weighted by atomic mass is 19.4. The molecule has 18 heavy (non-hydrogen) atoms. The number of allylic oxidation sites excluding steroid dienone is 2. The smallest absolute Gasteiger partial charge is 0.406 e. The van der Waals surface area contributed by atoms with Crippen molar-refractivity contribution in [2.24, 2.45) is 5.10 Å². The number of benzene rings is 1. The Kier molecular flexibility index (Phi) is 3.02. The maximum absolute atomic E-state index is 12.0. The van der Waals surface area contributed by atoms with E-state index in [4.69, 9.17) is 0 Å². The van der Waals surface area contributed by atoms with E-state index in [0.29, 0.717) is 0 Å². The molecule has 1 radical (unpaired) electrons. The topological polar surface area (TPSA) is 35.7 Å². The molecule has 95 valence electrons. The van der Waals surface area contributed by atoms with E-state index in [1.165, 1.54) is 12.1 Å². The summed E-state index contributed by atoms with van der Waals surface area (Å²) >= 11 is 0. The van der Waals surface area contributed by atoms with E-state index in [1.54, 1.807) is 26.0 Å². The van der Waals surface area contributed by atoms with Gasteiger partial charge in [-0.1, -0.05) is 12.1 Å². The van der Waals surface area contributed by atoms with E-state index in [2.05, 4.69) is 15.3 Å². The van der Waals surface area contributed by atoms with Crippen molar-refractivity contribution in [2.75, 3.05) is 0 Å². The zero-order valence-electron chi connectivity index (χ0n) is 9.75. The van der Waals surface area contributed by atoms with Crippen LogP contribution in [0.5, 0.6) is 5.75 Å². The van der Waals surface area contributed by atoms with Gasteiger partial charge in [-0.05, 0) is 31.5 Å². The Bertz CT molecular complexity index is 515. The summed E-state index contributed by atoms with van der Waals surface area (Å²) < 4.78 is 39.8. The fourth-order valence-corrected chi connectivity index (χ4v) is 1.75. The summed E-state index contributed by atoms with van der Waals surface area (Å²) in [5, 5.41) is 3.91. The first-order valence-corrected chi connectivity index (χ1v) is 5.19. The molecule has 1 aromatic rings. The summed E-state index contributed by atoms with van der Waals surface area (Å²) in [6.45, 7) is 3.60. The normalized spacial score (nSPS) is 15.5. The molecule has 0 aromatic heterocycles. The highest BCUT2D eigenvalue weighted by Gasteiger charge is 2.31. The minimum absolute atomic E-state index is 0.242. The lowest BCUT2D eigenvalue weighted by molar-refractivity contribution is -0.274. The molecule has 0 spiro atoms. The molecule has 0 N–H and O–H groups in total. The highest BCUT2D eigenvalue weighted by Crippen LogP contribution is 2.28. The number of ether oxygens (including phenoxy) is 1. The van der Waals surface area contributed by atoms with Gasteiger partial charge in [0.25, 0.3) is 0 Å². The highest BCUT2D eigenvalue weighted by molar-refractivity contribution is 6.24. The van der Waals surface area contributed by atoms with Crippen LogP contribution in [0.3, 0.4) is 0 Å². The van der Waals surface area contributed by atoms with Crippen molar-refractivity contribution >= 4 is 11.3 Å². The second-order valence-corrected chi connectivity index (χ2v) is 3.82. The first-order valence-electron chi connectivity index (χ1n) is 5.19. The molecule has 0 saturated carbocycles. The van der Waals surface area contributed by atoms with Gasteiger partial charge < -0.3 is 4.74 Å². The average Bonchev–Trinajstić information content (AvgIpc) is 2.58. The van der Waals surface area contributed by atoms with Crippen LogP contribution < -0.4 is 10.2 Å². The molecule has 0 fully saturated rings. The Morgan fingerprint density at radius 3 is 2.11 bits per heavy atom. The molecule has 0 unspecified atom stereocenters. The summed E-state index contributed by atoms with van der Waals surface area (Å²) in [5.74, 6) is -0.242. The average molecular weight is 255 g/mol. The summed E-state index contributed by atoms with van der Waals surface area (Å²) in [7, 11) is 0. The molecular weight excluding hydrogens is 245 g/mol. The molecule has 3 nitrogen and oxygen atoms in total. The van der Waals surface area contributed by atoms with Crippen LogP contribution in [0, 0.1) is 0 Å². The first-order chi connectivity index (χ1) is 8.37. The number of hydrogen-bond donors (Lipinski definition) is 0. The van der Waals surface area contributed by atoms with Crippen LogP contribution in [0.25, 0.3) is 5.57 Å². The van der Waals surface area contributed by atoms with Crippen molar-refractivity contribution in [1.29, 1.82) is 0 Å². The summed E-state index contributed by atoms with van der Waals surface area (Å²) in [4.78, 5) is 0. The molecule has 0 atom stereocenters. The van der Waals surface area contributed by atoms with Gasteiger partial charge in [0.05, 0.1) is 11.4 Å². The van der Waals surface area contributed by atoms with Gasteiger partial charge in [-0.15, -0.1) is 13.2 Å². The Morgan fingerprint density at radius 1 is 1.06 bits per heavy atom. The standard InChI is InChI=1S/C12H10F3N2O/c1-7-11(8(2)17-16-7)9-3-5-10(6-4-9)18-12(13,14)15/h3-6H,1-2H3. The van der Waals surface area contributed by atoms with Gasteiger partial charge in [0.1, 0.15) is 5.75 Å². The van der Waals surface area contributed by atoms with E-state index in [9.17, 15) is 13.2 Å². The predicted octanol–water partition coefficient (Wildman–Crippen LogP) is 3.31. The van der Waals surface area contributed by atoms with E-state index in [0.717, 1.165) is 22.5 Å². The zero-order chi connectivity index (χ0) is 13.3. The Labute approximate surface area is 102 Å². The lowest BCUT2D eigenvalue weighted by atomic mass is 10.0. The fourth-order valence-electron chi connectivity index (χ4n) is 1.75. The van der Waals surface area contributed by atoms with E-state index >= 15 is 0 Å².